The van der Waals surface area contributed by atoms with E-state index < -0.39 is 0 Å². The first kappa shape index (κ1) is 17.8. The maximum Gasteiger partial charge on any atom is 0.231 e. The number of carbonyl (C=O) groups excluding carboxylic acids is 1. The highest BCUT2D eigenvalue weighted by atomic mass is 32.2. The molecule has 1 N–H and O–H groups in total. The number of hydrogen-bond donors (Lipinski definition) is 1. The second-order valence-corrected chi connectivity index (χ2v) is 8.19. The third-order valence-corrected chi connectivity index (χ3v) is 6.24. The molecule has 1 amide bonds. The van der Waals surface area contributed by atoms with E-state index in [0.29, 0.717) is 5.91 Å². The molecule has 2 aliphatic rings. The van der Waals surface area contributed by atoms with Crippen molar-refractivity contribution in [2.45, 2.75) is 50.0 Å². The Hall–Kier alpha value is -1.00. The van der Waals surface area contributed by atoms with Crippen LogP contribution in [0.5, 0.6) is 0 Å². The van der Waals surface area contributed by atoms with E-state index in [1.807, 2.05) is 0 Å². The number of quaternary nitrogens is 1. The summed E-state index contributed by atoms with van der Waals surface area (Å²) in [6, 6.07) is 8.92. The molecule has 0 aliphatic carbocycles. The Labute approximate surface area is 150 Å². The number of nitrogens with one attached hydrogen (secondary N) is 1. The van der Waals surface area contributed by atoms with Crippen LogP contribution in [0.3, 0.4) is 0 Å². The number of piperidine rings is 1. The van der Waals surface area contributed by atoms with E-state index in [4.69, 9.17) is 0 Å². The molecule has 0 spiro atoms. The van der Waals surface area contributed by atoms with E-state index in [9.17, 15) is 4.79 Å². The van der Waals surface area contributed by atoms with Crippen molar-refractivity contribution in [3.05, 3.63) is 29.8 Å². The molecule has 24 heavy (non-hydrogen) atoms. The van der Waals surface area contributed by atoms with Gasteiger partial charge in [0.2, 0.25) is 5.91 Å². The summed E-state index contributed by atoms with van der Waals surface area (Å²) < 4.78 is 0. The van der Waals surface area contributed by atoms with Gasteiger partial charge in [-0.2, -0.15) is 0 Å². The SMILES string of the molecule is CSc1ccc(C[NH+]2CCC[C@@H](C(=O)N3CCCCCC3)C2)cc1. The molecule has 2 saturated heterocycles. The molecular formula is C20H31N2OS+. The highest BCUT2D eigenvalue weighted by Crippen LogP contribution is 2.17. The molecule has 4 heteroatoms. The van der Waals surface area contributed by atoms with E-state index in [1.54, 1.807) is 16.7 Å². The Morgan fingerprint density at radius 3 is 2.50 bits per heavy atom. The highest BCUT2D eigenvalue weighted by molar-refractivity contribution is 7.98. The van der Waals surface area contributed by atoms with Crippen LogP contribution < -0.4 is 4.90 Å². The number of thioether (sulfide) groups is 1. The van der Waals surface area contributed by atoms with Crippen molar-refractivity contribution in [3.63, 3.8) is 0 Å². The average Bonchev–Trinajstić information content (AvgIpc) is 2.91. The summed E-state index contributed by atoms with van der Waals surface area (Å²) in [4.78, 5) is 18.0. The predicted molar refractivity (Wildman–Crippen MR) is 100 cm³/mol. The summed E-state index contributed by atoms with van der Waals surface area (Å²) in [7, 11) is 0. The molecule has 2 aliphatic heterocycles. The van der Waals surface area contributed by atoms with Crippen molar-refractivity contribution in [2.24, 2.45) is 5.92 Å². The van der Waals surface area contributed by atoms with E-state index >= 15 is 0 Å². The van der Waals surface area contributed by atoms with Crippen LogP contribution >= 0.6 is 11.8 Å². The Balaban J connectivity index is 1.55. The van der Waals surface area contributed by atoms with Gasteiger partial charge in [0.1, 0.15) is 6.54 Å². The topological polar surface area (TPSA) is 24.8 Å². The molecule has 2 atom stereocenters. The summed E-state index contributed by atoms with van der Waals surface area (Å²) in [5.74, 6) is 0.684. The van der Waals surface area contributed by atoms with Crippen LogP contribution in [0.2, 0.25) is 0 Å². The molecule has 0 aromatic heterocycles. The van der Waals surface area contributed by atoms with Gasteiger partial charge in [0.15, 0.2) is 0 Å². The van der Waals surface area contributed by atoms with E-state index in [1.165, 1.54) is 49.1 Å². The number of benzene rings is 1. The first-order valence-corrected chi connectivity index (χ1v) is 10.7. The van der Waals surface area contributed by atoms with Crippen molar-refractivity contribution >= 4 is 17.7 Å². The van der Waals surface area contributed by atoms with Crippen molar-refractivity contribution in [2.75, 3.05) is 32.4 Å². The number of nitrogens with zero attached hydrogens (tertiary/aromatic N) is 1. The van der Waals surface area contributed by atoms with Crippen molar-refractivity contribution in [1.82, 2.24) is 4.90 Å². The predicted octanol–water partition coefficient (Wildman–Crippen LogP) is 2.61. The smallest absolute Gasteiger partial charge is 0.231 e. The first-order chi connectivity index (χ1) is 11.8. The fourth-order valence-corrected chi connectivity index (χ4v) is 4.51. The third kappa shape index (κ3) is 4.76. The maximum absolute atomic E-state index is 12.9. The third-order valence-electron chi connectivity index (χ3n) is 5.50. The van der Waals surface area contributed by atoms with Gasteiger partial charge >= 0.3 is 0 Å². The lowest BCUT2D eigenvalue weighted by atomic mass is 9.96. The first-order valence-electron chi connectivity index (χ1n) is 9.51. The number of likely N-dealkylation sites (tertiary alicyclic amines) is 2. The summed E-state index contributed by atoms with van der Waals surface area (Å²) in [6.07, 6.45) is 9.35. The minimum Gasteiger partial charge on any atom is -0.342 e. The van der Waals surface area contributed by atoms with Gasteiger partial charge in [0, 0.05) is 23.5 Å². The molecule has 3 rings (SSSR count). The van der Waals surface area contributed by atoms with E-state index in [0.717, 1.165) is 32.6 Å². The normalized spacial score (nSPS) is 25.3. The maximum atomic E-state index is 12.9. The zero-order valence-corrected chi connectivity index (χ0v) is 15.7. The fourth-order valence-electron chi connectivity index (χ4n) is 4.10. The molecule has 132 valence electrons. The zero-order valence-electron chi connectivity index (χ0n) is 14.9. The van der Waals surface area contributed by atoms with Crippen LogP contribution in [0.4, 0.5) is 0 Å². The van der Waals surface area contributed by atoms with Gasteiger partial charge in [-0.05, 0) is 44.1 Å². The molecule has 0 radical (unpaired) electrons. The number of amides is 1. The second kappa shape index (κ2) is 8.91. The molecular weight excluding hydrogens is 316 g/mol. The molecule has 2 heterocycles. The Bertz CT molecular complexity index is 523. The average molecular weight is 348 g/mol. The molecule has 3 nitrogen and oxygen atoms in total. The van der Waals surface area contributed by atoms with Gasteiger partial charge in [-0.25, -0.2) is 0 Å². The molecule has 1 unspecified atom stereocenters. The highest BCUT2D eigenvalue weighted by Gasteiger charge is 2.31. The fraction of sp³-hybridized carbons (Fsp3) is 0.650. The van der Waals surface area contributed by atoms with Gasteiger partial charge in [0.05, 0.1) is 19.0 Å². The number of rotatable bonds is 4. The molecule has 0 saturated carbocycles. The monoisotopic (exact) mass is 347 g/mol. The van der Waals surface area contributed by atoms with Crippen LogP contribution in [0.25, 0.3) is 0 Å². The number of carbonyl (C=O) groups is 1. The summed E-state index contributed by atoms with van der Waals surface area (Å²) in [5.41, 5.74) is 1.39. The standard InChI is InChI=1S/C20H30N2OS/c1-24-19-10-8-17(9-11-19)15-21-12-6-7-18(16-21)20(23)22-13-4-2-3-5-14-22/h8-11,18H,2-7,12-16H2,1H3/p+1/t18-/m1/s1. The van der Waals surface area contributed by atoms with Gasteiger partial charge in [-0.1, -0.05) is 25.0 Å². The molecule has 2 fully saturated rings. The van der Waals surface area contributed by atoms with Crippen LogP contribution in [-0.2, 0) is 11.3 Å². The van der Waals surface area contributed by atoms with Crippen LogP contribution in [0.15, 0.2) is 29.2 Å². The van der Waals surface area contributed by atoms with Gasteiger partial charge < -0.3 is 9.80 Å². The van der Waals surface area contributed by atoms with Crippen LogP contribution in [-0.4, -0.2) is 43.2 Å². The Morgan fingerprint density at radius 1 is 1.12 bits per heavy atom. The Morgan fingerprint density at radius 2 is 1.83 bits per heavy atom. The summed E-state index contributed by atoms with van der Waals surface area (Å²) in [6.45, 7) is 5.24. The van der Waals surface area contributed by atoms with E-state index in [-0.39, 0.29) is 5.92 Å². The largest absolute Gasteiger partial charge is 0.342 e. The number of hydrogen-bond acceptors (Lipinski definition) is 2. The van der Waals surface area contributed by atoms with E-state index in [2.05, 4.69) is 35.4 Å². The minimum atomic E-state index is 0.248. The van der Waals surface area contributed by atoms with Crippen molar-refractivity contribution in [1.29, 1.82) is 0 Å². The van der Waals surface area contributed by atoms with Crippen LogP contribution in [0.1, 0.15) is 44.1 Å². The zero-order chi connectivity index (χ0) is 16.8. The van der Waals surface area contributed by atoms with Gasteiger partial charge in [0.25, 0.3) is 0 Å². The van der Waals surface area contributed by atoms with Gasteiger partial charge in [-0.15, -0.1) is 11.8 Å². The summed E-state index contributed by atoms with van der Waals surface area (Å²) >= 11 is 1.79. The second-order valence-electron chi connectivity index (χ2n) is 7.31. The molecule has 0 bridgehead atoms. The lowest BCUT2D eigenvalue weighted by Crippen LogP contribution is -3.12. The lowest BCUT2D eigenvalue weighted by Gasteiger charge is -2.32. The Kier molecular flexibility index (Phi) is 6.61. The minimum absolute atomic E-state index is 0.248. The van der Waals surface area contributed by atoms with Crippen LogP contribution in [0, 0.1) is 5.92 Å². The molecule has 1 aromatic rings. The van der Waals surface area contributed by atoms with Gasteiger partial charge in [-0.3, -0.25) is 4.79 Å². The molecule has 1 aromatic carbocycles. The lowest BCUT2D eigenvalue weighted by molar-refractivity contribution is -0.921. The van der Waals surface area contributed by atoms with Crippen molar-refractivity contribution in [3.8, 4) is 0 Å². The summed E-state index contributed by atoms with van der Waals surface area (Å²) in [5, 5.41) is 0. The quantitative estimate of drug-likeness (QED) is 0.847. The van der Waals surface area contributed by atoms with Crippen molar-refractivity contribution < 1.29 is 9.69 Å².